The van der Waals surface area contributed by atoms with Crippen molar-refractivity contribution < 1.29 is 30.4 Å². The van der Waals surface area contributed by atoms with Crippen molar-refractivity contribution in [1.29, 1.82) is 0 Å². The zero-order chi connectivity index (χ0) is 22.4. The third kappa shape index (κ3) is 8.67. The summed E-state index contributed by atoms with van der Waals surface area (Å²) in [7, 11) is 0. The van der Waals surface area contributed by atoms with Gasteiger partial charge in [-0.2, -0.15) is 0 Å². The number of rotatable bonds is 14. The van der Waals surface area contributed by atoms with Gasteiger partial charge in [0, 0.05) is 5.48 Å². The predicted molar refractivity (Wildman–Crippen MR) is 95.0 cm³/mol. The lowest BCUT2D eigenvalue weighted by atomic mass is 9.84. The van der Waals surface area contributed by atoms with Crippen LogP contribution in [0.1, 0.15) is 97.3 Å². The Balaban J connectivity index is 4.42. The van der Waals surface area contributed by atoms with E-state index in [9.17, 15) is 14.7 Å². The minimum atomic E-state index is -1.77. The smallest absolute Gasteiger partial charge is 0.311 e. The first-order valence-electron chi connectivity index (χ1n) is 10.6. The molecule has 0 heterocycles. The van der Waals surface area contributed by atoms with E-state index in [-0.39, 0.29) is 32.1 Å². The third-order valence-electron chi connectivity index (χ3n) is 4.45. The van der Waals surface area contributed by atoms with E-state index in [2.05, 4.69) is 0 Å². The Morgan fingerprint density at radius 2 is 1.42 bits per heavy atom. The molecule has 0 aliphatic carbocycles. The van der Waals surface area contributed by atoms with Crippen LogP contribution >= 0.6 is 0 Å². The Morgan fingerprint density at radius 3 is 1.92 bits per heavy atom. The third-order valence-corrected chi connectivity index (χ3v) is 4.45. The van der Waals surface area contributed by atoms with Crippen LogP contribution in [0, 0.1) is 10.8 Å². The minimum Gasteiger partial charge on any atom is -0.481 e. The van der Waals surface area contributed by atoms with Crippen molar-refractivity contribution >= 4 is 11.9 Å². The minimum absolute atomic E-state index is 0.0330. The number of aliphatic hydroxyl groups is 1. The quantitative estimate of drug-likeness (QED) is 0.403. The van der Waals surface area contributed by atoms with Gasteiger partial charge in [-0.3, -0.25) is 9.59 Å². The number of unbranched alkanes of at least 4 members (excludes halogenated alkanes) is 1. The topological polar surface area (TPSA) is 94.8 Å². The predicted octanol–water partition coefficient (Wildman–Crippen LogP) is 4.47. The Kier molecular flexibility index (Phi) is 7.30. The van der Waals surface area contributed by atoms with E-state index in [1.165, 1.54) is 13.8 Å². The molecule has 0 aromatic heterocycles. The first-order valence-corrected chi connectivity index (χ1v) is 8.58. The molecular weight excluding hydrogens is 308 g/mol. The largest absolute Gasteiger partial charge is 0.481 e. The molecule has 1 atom stereocenters. The van der Waals surface area contributed by atoms with Crippen LogP contribution in [0.4, 0.5) is 0 Å². The van der Waals surface area contributed by atoms with E-state index >= 15 is 0 Å². The summed E-state index contributed by atoms with van der Waals surface area (Å²) in [6.45, 7) is 6.09. The molecule has 3 N–H and O–H groups in total. The average molecular weight is 349 g/mol. The second kappa shape index (κ2) is 10.7. The number of aliphatic carboxylic acids is 2. The molecule has 0 aliphatic heterocycles. The normalized spacial score (nSPS) is 17.4. The highest BCUT2D eigenvalue weighted by Gasteiger charge is 2.35. The second-order valence-electron chi connectivity index (χ2n) is 7.51. The standard InChI is InChI=1S/C19H36O5/c1-18(2,16(21)22)14-12-10-8-6-5-7-9-11-13-15(20)19(3,4)17(23)24/h15,20H,5-14H2,1-4H3,(H,21,22)(H,23,24)/i6D2,7D2. The fourth-order valence-electron chi connectivity index (χ4n) is 2.11. The lowest BCUT2D eigenvalue weighted by Crippen LogP contribution is -2.36. The van der Waals surface area contributed by atoms with Gasteiger partial charge in [-0.25, -0.2) is 0 Å². The lowest BCUT2D eigenvalue weighted by molar-refractivity contribution is -0.153. The molecule has 5 nitrogen and oxygen atoms in total. The van der Waals surface area contributed by atoms with Crippen LogP contribution in [0.15, 0.2) is 0 Å². The fraction of sp³-hybridized carbons (Fsp3) is 0.895. The van der Waals surface area contributed by atoms with Crippen molar-refractivity contribution in [3.63, 3.8) is 0 Å². The van der Waals surface area contributed by atoms with Crippen LogP contribution in [0.3, 0.4) is 0 Å². The van der Waals surface area contributed by atoms with Crippen molar-refractivity contribution in [2.24, 2.45) is 10.8 Å². The van der Waals surface area contributed by atoms with Crippen LogP contribution in [0.25, 0.3) is 0 Å². The van der Waals surface area contributed by atoms with Gasteiger partial charge in [-0.05, 0) is 40.5 Å². The summed E-state index contributed by atoms with van der Waals surface area (Å²) in [5.74, 6) is -2.01. The van der Waals surface area contributed by atoms with Crippen molar-refractivity contribution in [3.05, 3.63) is 0 Å². The molecule has 142 valence electrons. The van der Waals surface area contributed by atoms with Crippen molar-refractivity contribution in [2.45, 2.75) is 97.9 Å². The fourth-order valence-corrected chi connectivity index (χ4v) is 2.11. The summed E-state index contributed by atoms with van der Waals surface area (Å²) >= 11 is 0. The highest BCUT2D eigenvalue weighted by Crippen LogP contribution is 2.26. The molecule has 0 aromatic rings. The Hall–Kier alpha value is -1.10. The van der Waals surface area contributed by atoms with Gasteiger partial charge < -0.3 is 15.3 Å². The van der Waals surface area contributed by atoms with E-state index < -0.39 is 41.6 Å². The van der Waals surface area contributed by atoms with Gasteiger partial charge in [0.2, 0.25) is 0 Å². The first-order chi connectivity index (χ1) is 12.4. The van der Waals surface area contributed by atoms with Gasteiger partial charge >= 0.3 is 11.9 Å². The van der Waals surface area contributed by atoms with E-state index in [1.54, 1.807) is 13.8 Å². The highest BCUT2D eigenvalue weighted by molar-refractivity contribution is 5.74. The Bertz CT molecular complexity index is 532. The maximum atomic E-state index is 11.1. The second-order valence-corrected chi connectivity index (χ2v) is 7.51. The maximum Gasteiger partial charge on any atom is 0.311 e. The number of hydrogen-bond donors (Lipinski definition) is 3. The van der Waals surface area contributed by atoms with Crippen molar-refractivity contribution in [1.82, 2.24) is 0 Å². The summed E-state index contributed by atoms with van der Waals surface area (Å²) in [5, 5.41) is 28.2. The molecule has 0 bridgehead atoms. The van der Waals surface area contributed by atoms with Crippen LogP contribution in [0.5, 0.6) is 0 Å². The summed E-state index contributed by atoms with van der Waals surface area (Å²) in [4.78, 5) is 22.2. The van der Waals surface area contributed by atoms with E-state index in [4.69, 9.17) is 15.7 Å². The molecule has 0 radical (unpaired) electrons. The Morgan fingerprint density at radius 1 is 0.875 bits per heavy atom. The Labute approximate surface area is 152 Å². The summed E-state index contributed by atoms with van der Waals surface area (Å²) in [5.41, 5.74) is -2.17. The number of aliphatic hydroxyl groups excluding tert-OH is 1. The van der Waals surface area contributed by atoms with Crippen molar-refractivity contribution in [2.75, 3.05) is 0 Å². The van der Waals surface area contributed by atoms with E-state index in [0.29, 0.717) is 19.3 Å². The van der Waals surface area contributed by atoms with E-state index in [0.717, 1.165) is 0 Å². The molecule has 0 saturated carbocycles. The molecule has 0 saturated heterocycles. The van der Waals surface area contributed by atoms with Gasteiger partial charge in [0.1, 0.15) is 0 Å². The molecule has 0 amide bonds. The summed E-state index contributed by atoms with van der Waals surface area (Å²) < 4.78 is 32.2. The van der Waals surface area contributed by atoms with Crippen LogP contribution < -0.4 is 0 Å². The summed E-state index contributed by atoms with van der Waals surface area (Å²) in [6.07, 6.45) is -2.84. The molecule has 0 fully saturated rings. The van der Waals surface area contributed by atoms with Gasteiger partial charge in [0.25, 0.3) is 0 Å². The molecule has 0 spiro atoms. The van der Waals surface area contributed by atoms with Gasteiger partial charge in [0.05, 0.1) is 16.9 Å². The van der Waals surface area contributed by atoms with Crippen LogP contribution in [-0.4, -0.2) is 33.4 Å². The average Bonchev–Trinajstić information content (AvgIpc) is 2.49. The van der Waals surface area contributed by atoms with Crippen LogP contribution in [0.2, 0.25) is 0 Å². The van der Waals surface area contributed by atoms with Gasteiger partial charge in [-0.1, -0.05) is 51.3 Å². The van der Waals surface area contributed by atoms with E-state index in [1.807, 2.05) is 0 Å². The lowest BCUT2D eigenvalue weighted by Gasteiger charge is -2.25. The first kappa shape index (κ1) is 16.4. The molecule has 24 heavy (non-hydrogen) atoms. The van der Waals surface area contributed by atoms with Crippen LogP contribution in [-0.2, 0) is 9.59 Å². The molecule has 5 heteroatoms. The zero-order valence-electron chi connectivity index (χ0n) is 19.4. The number of hydrogen-bond acceptors (Lipinski definition) is 3. The highest BCUT2D eigenvalue weighted by atomic mass is 16.4. The zero-order valence-corrected chi connectivity index (χ0v) is 15.4. The summed E-state index contributed by atoms with van der Waals surface area (Å²) in [6, 6.07) is 0. The molecule has 0 aromatic carbocycles. The van der Waals surface area contributed by atoms with Gasteiger partial charge in [0.15, 0.2) is 0 Å². The monoisotopic (exact) mass is 348 g/mol. The number of carboxylic acids is 2. The molecule has 0 rings (SSSR count). The molecule has 1 unspecified atom stereocenters. The number of carbonyl (C=O) groups is 2. The van der Waals surface area contributed by atoms with Gasteiger partial charge in [-0.15, -0.1) is 0 Å². The van der Waals surface area contributed by atoms with Crippen molar-refractivity contribution in [3.8, 4) is 0 Å². The SMILES string of the molecule is [2H]C([2H])(CCCCC(C)(C)C(=O)O)CC([2H])([2H])CCCC(O)C(C)(C)C(=O)O. The maximum absolute atomic E-state index is 11.1. The number of carboxylic acid groups (broad SMARTS) is 2. The molecular formula is C19H36O5. The molecule has 0 aliphatic rings.